The third-order valence-corrected chi connectivity index (χ3v) is 3.72. The molecule has 3 aromatic rings. The molecule has 3 rings (SSSR count). The molecule has 0 bridgehead atoms. The van der Waals surface area contributed by atoms with Gasteiger partial charge in [0.1, 0.15) is 17.2 Å². The van der Waals surface area contributed by atoms with Gasteiger partial charge >= 0.3 is 0 Å². The van der Waals surface area contributed by atoms with Gasteiger partial charge in [-0.25, -0.2) is 5.43 Å². The van der Waals surface area contributed by atoms with Crippen molar-refractivity contribution in [2.75, 3.05) is 6.61 Å². The topological polar surface area (TPSA) is 92.5 Å². The van der Waals surface area contributed by atoms with Gasteiger partial charge in [0.25, 0.3) is 5.91 Å². The van der Waals surface area contributed by atoms with Gasteiger partial charge in [-0.15, -0.1) is 0 Å². The van der Waals surface area contributed by atoms with E-state index in [9.17, 15) is 4.79 Å². The highest BCUT2D eigenvalue weighted by atomic mass is 16.5. The number of rotatable bonds is 6. The Morgan fingerprint density at radius 2 is 2.04 bits per heavy atom. The molecule has 0 spiro atoms. The highest BCUT2D eigenvalue weighted by Gasteiger charge is 2.13. The van der Waals surface area contributed by atoms with Crippen molar-refractivity contribution in [1.82, 2.24) is 15.6 Å². The number of carbonyl (C=O) groups is 1. The Kier molecular flexibility index (Phi) is 5.17. The minimum atomic E-state index is -0.402. The van der Waals surface area contributed by atoms with E-state index in [2.05, 4.69) is 20.7 Å². The van der Waals surface area contributed by atoms with E-state index < -0.39 is 5.91 Å². The molecular formula is C19H20N4O3. The smallest absolute Gasteiger partial charge is 0.291 e. The van der Waals surface area contributed by atoms with Crippen molar-refractivity contribution >= 4 is 11.6 Å². The van der Waals surface area contributed by atoms with Crippen LogP contribution < -0.4 is 10.2 Å². The van der Waals surface area contributed by atoms with Crippen LogP contribution in [0.5, 0.6) is 5.75 Å². The first-order chi connectivity index (χ1) is 12.6. The largest absolute Gasteiger partial charge is 0.494 e. The number of aromatic nitrogens is 2. The van der Waals surface area contributed by atoms with Crippen LogP contribution in [0.25, 0.3) is 11.5 Å². The molecule has 2 heterocycles. The van der Waals surface area contributed by atoms with Gasteiger partial charge in [-0.2, -0.15) is 10.2 Å². The Bertz CT molecular complexity index is 922. The van der Waals surface area contributed by atoms with Crippen LogP contribution in [0.2, 0.25) is 0 Å². The van der Waals surface area contributed by atoms with E-state index in [0.29, 0.717) is 23.8 Å². The first kappa shape index (κ1) is 17.5. The molecule has 1 aromatic carbocycles. The van der Waals surface area contributed by atoms with Gasteiger partial charge in [-0.3, -0.25) is 9.89 Å². The maximum absolute atomic E-state index is 12.2. The minimum absolute atomic E-state index is 0.234. The zero-order chi connectivity index (χ0) is 18.5. The van der Waals surface area contributed by atoms with Crippen LogP contribution >= 0.6 is 0 Å². The molecule has 0 saturated heterocycles. The highest BCUT2D eigenvalue weighted by molar-refractivity contribution is 6.00. The number of carbonyl (C=O) groups excluding carboxylic acids is 1. The molecular weight excluding hydrogens is 332 g/mol. The summed E-state index contributed by atoms with van der Waals surface area (Å²) in [7, 11) is 0. The van der Waals surface area contributed by atoms with Crippen molar-refractivity contribution in [3.63, 3.8) is 0 Å². The van der Waals surface area contributed by atoms with Gasteiger partial charge in [0.15, 0.2) is 11.5 Å². The van der Waals surface area contributed by atoms with Gasteiger partial charge < -0.3 is 9.15 Å². The van der Waals surface area contributed by atoms with E-state index in [1.54, 1.807) is 6.07 Å². The first-order valence-corrected chi connectivity index (χ1v) is 8.27. The fourth-order valence-electron chi connectivity index (χ4n) is 2.36. The van der Waals surface area contributed by atoms with Gasteiger partial charge in [0, 0.05) is 6.07 Å². The molecule has 7 nitrogen and oxygen atoms in total. The fourth-order valence-corrected chi connectivity index (χ4v) is 2.36. The molecule has 0 unspecified atom stereocenters. The maximum Gasteiger partial charge on any atom is 0.291 e. The Hall–Kier alpha value is -3.35. The number of hydrogen-bond donors (Lipinski definition) is 2. The number of amides is 1. The molecule has 0 atom stereocenters. The molecule has 0 aliphatic rings. The summed E-state index contributed by atoms with van der Waals surface area (Å²) in [5.41, 5.74) is 4.95. The number of hydrazone groups is 1. The summed E-state index contributed by atoms with van der Waals surface area (Å²) in [6.45, 7) is 6.22. The van der Waals surface area contributed by atoms with E-state index >= 15 is 0 Å². The monoisotopic (exact) mass is 352 g/mol. The number of hydrogen-bond acceptors (Lipinski definition) is 5. The quantitative estimate of drug-likeness (QED) is 0.524. The van der Waals surface area contributed by atoms with Crippen molar-refractivity contribution in [1.29, 1.82) is 0 Å². The average molecular weight is 352 g/mol. The number of aromatic amines is 1. The zero-order valence-corrected chi connectivity index (χ0v) is 14.9. The maximum atomic E-state index is 12.2. The standard InChI is InChI=1S/C19H20N4O3/c1-4-25-15-8-6-14(7-9-15)13(3)20-23-19(24)17-11-16(21-22-17)18-10-5-12(2)26-18/h5-11H,4H2,1-3H3,(H,21,22)(H,23,24)/b20-13+. The fraction of sp³-hybridized carbons (Fsp3) is 0.211. The summed E-state index contributed by atoms with van der Waals surface area (Å²) < 4.78 is 10.9. The van der Waals surface area contributed by atoms with Gasteiger partial charge in [0.2, 0.25) is 0 Å². The predicted molar refractivity (Wildman–Crippen MR) is 98.3 cm³/mol. The van der Waals surface area contributed by atoms with E-state index in [1.165, 1.54) is 0 Å². The van der Waals surface area contributed by atoms with Crippen molar-refractivity contribution in [3.05, 3.63) is 59.5 Å². The third-order valence-electron chi connectivity index (χ3n) is 3.72. The van der Waals surface area contributed by atoms with E-state index in [1.807, 2.05) is 57.2 Å². The molecule has 1 amide bonds. The van der Waals surface area contributed by atoms with Gasteiger partial charge in [0.05, 0.1) is 12.3 Å². The summed E-state index contributed by atoms with van der Waals surface area (Å²) in [6.07, 6.45) is 0. The SMILES string of the molecule is CCOc1ccc(/C(C)=N/NC(=O)c2cc(-c3ccc(C)o3)[nH]n2)cc1. The molecule has 26 heavy (non-hydrogen) atoms. The average Bonchev–Trinajstić information content (AvgIpc) is 3.29. The Labute approximate surface area is 151 Å². The summed E-state index contributed by atoms with van der Waals surface area (Å²) in [6, 6.07) is 12.8. The lowest BCUT2D eigenvalue weighted by molar-refractivity contribution is 0.0950. The van der Waals surface area contributed by atoms with E-state index in [0.717, 1.165) is 17.1 Å². The minimum Gasteiger partial charge on any atom is -0.494 e. The highest BCUT2D eigenvalue weighted by Crippen LogP contribution is 2.20. The summed E-state index contributed by atoms with van der Waals surface area (Å²) in [4.78, 5) is 12.2. The van der Waals surface area contributed by atoms with Crippen LogP contribution in [0.3, 0.4) is 0 Å². The van der Waals surface area contributed by atoms with Crippen molar-refractivity contribution in [2.24, 2.45) is 5.10 Å². The summed E-state index contributed by atoms with van der Waals surface area (Å²) >= 11 is 0. The number of furan rings is 1. The second-order valence-corrected chi connectivity index (χ2v) is 5.67. The number of benzene rings is 1. The van der Waals surface area contributed by atoms with E-state index in [-0.39, 0.29) is 5.69 Å². The van der Waals surface area contributed by atoms with Crippen LogP contribution in [-0.2, 0) is 0 Å². The van der Waals surface area contributed by atoms with Crippen LogP contribution in [0.4, 0.5) is 0 Å². The van der Waals surface area contributed by atoms with Crippen molar-refractivity contribution in [2.45, 2.75) is 20.8 Å². The Morgan fingerprint density at radius 3 is 2.69 bits per heavy atom. The number of nitrogens with one attached hydrogen (secondary N) is 2. The number of aryl methyl sites for hydroxylation is 1. The molecule has 0 radical (unpaired) electrons. The zero-order valence-electron chi connectivity index (χ0n) is 14.9. The van der Waals surface area contributed by atoms with Crippen molar-refractivity contribution in [3.8, 4) is 17.2 Å². The molecule has 134 valence electrons. The normalized spacial score (nSPS) is 11.4. The lowest BCUT2D eigenvalue weighted by Gasteiger charge is -2.05. The molecule has 0 fully saturated rings. The van der Waals surface area contributed by atoms with Crippen molar-refractivity contribution < 1.29 is 13.9 Å². The second kappa shape index (κ2) is 7.69. The Morgan fingerprint density at radius 1 is 1.27 bits per heavy atom. The van der Waals surface area contributed by atoms with Gasteiger partial charge in [-0.1, -0.05) is 0 Å². The third kappa shape index (κ3) is 4.00. The van der Waals surface area contributed by atoms with Crippen LogP contribution in [0.1, 0.15) is 35.7 Å². The van der Waals surface area contributed by atoms with Crippen LogP contribution in [-0.4, -0.2) is 28.4 Å². The summed E-state index contributed by atoms with van der Waals surface area (Å²) in [5, 5.41) is 10.9. The lowest BCUT2D eigenvalue weighted by atomic mass is 10.1. The number of H-pyrrole nitrogens is 1. The molecule has 0 aliphatic carbocycles. The molecule has 2 N–H and O–H groups in total. The molecule has 7 heteroatoms. The molecule has 0 saturated carbocycles. The lowest BCUT2D eigenvalue weighted by Crippen LogP contribution is -2.19. The molecule has 0 aliphatic heterocycles. The van der Waals surface area contributed by atoms with E-state index in [4.69, 9.17) is 9.15 Å². The second-order valence-electron chi connectivity index (χ2n) is 5.67. The molecule has 2 aromatic heterocycles. The predicted octanol–water partition coefficient (Wildman–Crippen LogP) is 3.53. The van der Waals surface area contributed by atoms with Gasteiger partial charge in [-0.05, 0) is 62.7 Å². The number of ether oxygens (including phenoxy) is 1. The Balaban J connectivity index is 1.66. The first-order valence-electron chi connectivity index (χ1n) is 8.27. The number of nitrogens with zero attached hydrogens (tertiary/aromatic N) is 2. The van der Waals surface area contributed by atoms with Crippen LogP contribution in [0, 0.1) is 6.92 Å². The summed E-state index contributed by atoms with van der Waals surface area (Å²) in [5.74, 6) is 1.81. The van der Waals surface area contributed by atoms with Crippen LogP contribution in [0.15, 0.2) is 52.0 Å².